The minimum atomic E-state index is 0.503. The zero-order valence-corrected chi connectivity index (χ0v) is 11.1. The van der Waals surface area contributed by atoms with Crippen molar-refractivity contribution in [2.45, 2.75) is 26.8 Å². The summed E-state index contributed by atoms with van der Waals surface area (Å²) in [5, 5.41) is 5.02. The van der Waals surface area contributed by atoms with Gasteiger partial charge in [0, 0.05) is 17.5 Å². The SMILES string of the molecule is CC(C)CCNCc1c(Cl)oc2ccccc12. The number of hydrogen-bond acceptors (Lipinski definition) is 2. The third-order valence-corrected chi connectivity index (χ3v) is 3.15. The van der Waals surface area contributed by atoms with Gasteiger partial charge in [-0.15, -0.1) is 0 Å². The summed E-state index contributed by atoms with van der Waals surface area (Å²) in [6.45, 7) is 6.22. The smallest absolute Gasteiger partial charge is 0.199 e. The Hall–Kier alpha value is -0.990. The number of fused-ring (bicyclic) bond motifs is 1. The minimum Gasteiger partial charge on any atom is -0.444 e. The van der Waals surface area contributed by atoms with E-state index in [4.69, 9.17) is 16.0 Å². The Bertz CT molecular complexity index is 490. The zero-order chi connectivity index (χ0) is 12.3. The van der Waals surface area contributed by atoms with Crippen LogP contribution in [-0.2, 0) is 6.54 Å². The first-order valence-electron chi connectivity index (χ1n) is 6.05. The molecule has 3 heteroatoms. The van der Waals surface area contributed by atoms with E-state index in [2.05, 4.69) is 19.2 Å². The van der Waals surface area contributed by atoms with Crippen molar-refractivity contribution in [3.63, 3.8) is 0 Å². The topological polar surface area (TPSA) is 25.2 Å². The van der Waals surface area contributed by atoms with Crippen molar-refractivity contribution >= 4 is 22.6 Å². The predicted molar refractivity (Wildman–Crippen MR) is 72.4 cm³/mol. The molecule has 92 valence electrons. The monoisotopic (exact) mass is 251 g/mol. The Kier molecular flexibility index (Phi) is 4.08. The number of halogens is 1. The van der Waals surface area contributed by atoms with Gasteiger partial charge < -0.3 is 9.73 Å². The molecule has 0 radical (unpaired) electrons. The molecule has 0 amide bonds. The van der Waals surface area contributed by atoms with Crippen molar-refractivity contribution in [2.75, 3.05) is 6.54 Å². The third-order valence-electron chi connectivity index (χ3n) is 2.85. The number of hydrogen-bond donors (Lipinski definition) is 1. The molecule has 2 nitrogen and oxygen atoms in total. The van der Waals surface area contributed by atoms with Crippen molar-refractivity contribution in [1.82, 2.24) is 5.32 Å². The summed E-state index contributed by atoms with van der Waals surface area (Å²) >= 11 is 6.10. The third kappa shape index (κ3) is 3.02. The van der Waals surface area contributed by atoms with Gasteiger partial charge in [0.25, 0.3) is 0 Å². The first-order chi connectivity index (χ1) is 8.18. The highest BCUT2D eigenvalue weighted by molar-refractivity contribution is 6.30. The standard InChI is InChI=1S/C14H18ClNO/c1-10(2)7-8-16-9-12-11-5-3-4-6-13(11)17-14(12)15/h3-6,10,16H,7-9H2,1-2H3. The van der Waals surface area contributed by atoms with Crippen LogP contribution in [0.5, 0.6) is 0 Å². The van der Waals surface area contributed by atoms with Crippen LogP contribution in [0.25, 0.3) is 11.0 Å². The first kappa shape index (κ1) is 12.5. The fourth-order valence-corrected chi connectivity index (χ4v) is 2.09. The van der Waals surface area contributed by atoms with Gasteiger partial charge in [0.15, 0.2) is 5.22 Å². The highest BCUT2D eigenvalue weighted by Crippen LogP contribution is 2.29. The molecule has 0 fully saturated rings. The number of furan rings is 1. The lowest BCUT2D eigenvalue weighted by Crippen LogP contribution is -2.16. The van der Waals surface area contributed by atoms with E-state index in [9.17, 15) is 0 Å². The van der Waals surface area contributed by atoms with Gasteiger partial charge in [0.1, 0.15) is 5.58 Å². The van der Waals surface area contributed by atoms with E-state index in [0.29, 0.717) is 5.22 Å². The Morgan fingerprint density at radius 3 is 2.82 bits per heavy atom. The maximum atomic E-state index is 6.10. The summed E-state index contributed by atoms with van der Waals surface area (Å²) < 4.78 is 5.50. The highest BCUT2D eigenvalue weighted by atomic mass is 35.5. The maximum absolute atomic E-state index is 6.10. The fourth-order valence-electron chi connectivity index (χ4n) is 1.84. The molecule has 2 rings (SSSR count). The second-order valence-electron chi connectivity index (χ2n) is 4.71. The van der Waals surface area contributed by atoms with Gasteiger partial charge >= 0.3 is 0 Å². The van der Waals surface area contributed by atoms with E-state index in [0.717, 1.165) is 35.5 Å². The van der Waals surface area contributed by atoms with E-state index >= 15 is 0 Å². The molecule has 1 aromatic carbocycles. The molecule has 0 aliphatic carbocycles. The molecule has 0 atom stereocenters. The van der Waals surface area contributed by atoms with Gasteiger partial charge in [-0.2, -0.15) is 0 Å². The molecule has 0 aliphatic rings. The van der Waals surface area contributed by atoms with Crippen molar-refractivity contribution < 1.29 is 4.42 Å². The van der Waals surface area contributed by atoms with E-state index in [1.807, 2.05) is 24.3 Å². The van der Waals surface area contributed by atoms with E-state index in [1.54, 1.807) is 0 Å². The van der Waals surface area contributed by atoms with Gasteiger partial charge in [-0.3, -0.25) is 0 Å². The van der Waals surface area contributed by atoms with Crippen LogP contribution >= 0.6 is 11.6 Å². The first-order valence-corrected chi connectivity index (χ1v) is 6.43. The van der Waals surface area contributed by atoms with E-state index < -0.39 is 0 Å². The van der Waals surface area contributed by atoms with Crippen LogP contribution in [0.15, 0.2) is 28.7 Å². The number of rotatable bonds is 5. The van der Waals surface area contributed by atoms with Crippen LogP contribution in [0.2, 0.25) is 5.22 Å². The van der Waals surface area contributed by atoms with Gasteiger partial charge in [-0.05, 0) is 36.6 Å². The summed E-state index contributed by atoms with van der Waals surface area (Å²) in [6, 6.07) is 7.95. The maximum Gasteiger partial charge on any atom is 0.199 e. The number of nitrogens with one attached hydrogen (secondary N) is 1. The average Bonchev–Trinajstić information content (AvgIpc) is 2.60. The van der Waals surface area contributed by atoms with Crippen LogP contribution in [0.4, 0.5) is 0 Å². The molecule has 0 saturated carbocycles. The van der Waals surface area contributed by atoms with Crippen LogP contribution in [0.1, 0.15) is 25.8 Å². The highest BCUT2D eigenvalue weighted by Gasteiger charge is 2.11. The fraction of sp³-hybridized carbons (Fsp3) is 0.429. The normalized spacial score (nSPS) is 11.5. The predicted octanol–water partition coefficient (Wildman–Crippen LogP) is 4.22. The summed E-state index contributed by atoms with van der Waals surface area (Å²) in [5.74, 6) is 0.721. The Morgan fingerprint density at radius 1 is 1.29 bits per heavy atom. The molecule has 0 bridgehead atoms. The number of benzene rings is 1. The molecule has 0 aliphatic heterocycles. The molecule has 0 saturated heterocycles. The van der Waals surface area contributed by atoms with E-state index in [-0.39, 0.29) is 0 Å². The van der Waals surface area contributed by atoms with Crippen molar-refractivity contribution in [3.8, 4) is 0 Å². The van der Waals surface area contributed by atoms with Gasteiger partial charge in [0.05, 0.1) is 0 Å². The Labute approximate surface area is 107 Å². The summed E-state index contributed by atoms with van der Waals surface area (Å²) in [5.41, 5.74) is 1.92. The van der Waals surface area contributed by atoms with Crippen LogP contribution in [0, 0.1) is 5.92 Å². The van der Waals surface area contributed by atoms with Crippen LogP contribution in [-0.4, -0.2) is 6.54 Å². The summed E-state index contributed by atoms with van der Waals surface area (Å²) in [6.07, 6.45) is 1.17. The molecule has 17 heavy (non-hydrogen) atoms. The second-order valence-corrected chi connectivity index (χ2v) is 5.05. The lowest BCUT2D eigenvalue weighted by Gasteiger charge is -2.06. The molecule has 0 unspecified atom stereocenters. The molecule has 1 aromatic heterocycles. The zero-order valence-electron chi connectivity index (χ0n) is 10.3. The van der Waals surface area contributed by atoms with Crippen molar-refractivity contribution in [2.24, 2.45) is 5.92 Å². The average molecular weight is 252 g/mol. The van der Waals surface area contributed by atoms with Gasteiger partial charge in [-0.1, -0.05) is 32.0 Å². The lowest BCUT2D eigenvalue weighted by atomic mass is 10.1. The quantitative estimate of drug-likeness (QED) is 0.805. The van der Waals surface area contributed by atoms with Gasteiger partial charge in [-0.25, -0.2) is 0 Å². The molecule has 0 spiro atoms. The van der Waals surface area contributed by atoms with Crippen molar-refractivity contribution in [3.05, 3.63) is 35.0 Å². The van der Waals surface area contributed by atoms with Crippen LogP contribution in [0.3, 0.4) is 0 Å². The molecular weight excluding hydrogens is 234 g/mol. The summed E-state index contributed by atoms with van der Waals surface area (Å²) in [7, 11) is 0. The number of para-hydroxylation sites is 1. The minimum absolute atomic E-state index is 0.503. The Morgan fingerprint density at radius 2 is 2.06 bits per heavy atom. The molecule has 1 heterocycles. The largest absolute Gasteiger partial charge is 0.444 e. The molecule has 2 aromatic rings. The molecule has 1 N–H and O–H groups in total. The Balaban J connectivity index is 2.05. The lowest BCUT2D eigenvalue weighted by molar-refractivity contribution is 0.535. The molecular formula is C14H18ClNO. The van der Waals surface area contributed by atoms with Crippen LogP contribution < -0.4 is 5.32 Å². The van der Waals surface area contributed by atoms with E-state index in [1.165, 1.54) is 6.42 Å². The van der Waals surface area contributed by atoms with Crippen molar-refractivity contribution in [1.29, 1.82) is 0 Å². The second kappa shape index (κ2) is 5.56. The summed E-state index contributed by atoms with van der Waals surface area (Å²) in [4.78, 5) is 0. The van der Waals surface area contributed by atoms with Gasteiger partial charge in [0.2, 0.25) is 0 Å².